The number of thioether (sulfide) groups is 1. The summed E-state index contributed by atoms with van der Waals surface area (Å²) < 4.78 is 0. The highest BCUT2D eigenvalue weighted by atomic mass is 35.5. The van der Waals surface area contributed by atoms with Gasteiger partial charge in [0.2, 0.25) is 5.28 Å². The third kappa shape index (κ3) is 2.47. The Labute approximate surface area is 109 Å². The molecule has 2 rings (SSSR count). The summed E-state index contributed by atoms with van der Waals surface area (Å²) in [5, 5.41) is 0.225. The summed E-state index contributed by atoms with van der Waals surface area (Å²) in [4.78, 5) is 17.6. The molecule has 0 radical (unpaired) electrons. The Morgan fingerprint density at radius 2 is 2.29 bits per heavy atom. The number of aromatic nitrogens is 4. The number of fused-ring (bicyclic) bond motifs is 1. The molecule has 0 fully saturated rings. The lowest BCUT2D eigenvalue weighted by Crippen LogP contribution is -2.31. The number of nitrogens with zero attached hydrogens (tertiary/aromatic N) is 4. The first-order chi connectivity index (χ1) is 8.13. The van der Waals surface area contributed by atoms with Gasteiger partial charge in [-0.25, -0.2) is 4.98 Å². The van der Waals surface area contributed by atoms with Crippen LogP contribution in [0.1, 0.15) is 6.92 Å². The minimum Gasteiger partial charge on any atom is -0.354 e. The van der Waals surface area contributed by atoms with Gasteiger partial charge in [-0.3, -0.25) is 0 Å². The predicted molar refractivity (Wildman–Crippen MR) is 72.9 cm³/mol. The second-order valence-electron chi connectivity index (χ2n) is 3.83. The number of H-pyrrole nitrogens is 1. The summed E-state index contributed by atoms with van der Waals surface area (Å²) in [5.41, 5.74) is 1.42. The Hall–Kier alpha value is -1.01. The van der Waals surface area contributed by atoms with Gasteiger partial charge < -0.3 is 9.88 Å². The third-order valence-corrected chi connectivity index (χ3v) is 3.63. The SMILES string of the molecule is CSCC(C)N(C)c1nc(Cl)nc2nc[nH]c12. The van der Waals surface area contributed by atoms with Crippen LogP contribution in [0.25, 0.3) is 11.2 Å². The standard InChI is InChI=1S/C10H14ClN5S/c1-6(4-17-3)16(2)9-7-8(13-5-12-7)14-10(11)15-9/h5-6H,4H2,1-3H3,(H,12,13,14,15). The van der Waals surface area contributed by atoms with Crippen LogP contribution in [-0.4, -0.2) is 45.0 Å². The van der Waals surface area contributed by atoms with Crippen molar-refractivity contribution in [2.75, 3.05) is 24.0 Å². The van der Waals surface area contributed by atoms with Gasteiger partial charge in [0, 0.05) is 18.8 Å². The number of hydrogen-bond acceptors (Lipinski definition) is 5. The highest BCUT2D eigenvalue weighted by Crippen LogP contribution is 2.23. The zero-order valence-corrected chi connectivity index (χ0v) is 11.5. The summed E-state index contributed by atoms with van der Waals surface area (Å²) in [5.74, 6) is 1.81. The van der Waals surface area contributed by atoms with Crippen LogP contribution in [-0.2, 0) is 0 Å². The maximum atomic E-state index is 5.90. The van der Waals surface area contributed by atoms with E-state index in [4.69, 9.17) is 11.6 Å². The molecule has 7 heteroatoms. The molecule has 17 heavy (non-hydrogen) atoms. The van der Waals surface area contributed by atoms with E-state index in [9.17, 15) is 0 Å². The van der Waals surface area contributed by atoms with Crippen LogP contribution in [0.4, 0.5) is 5.82 Å². The van der Waals surface area contributed by atoms with E-state index in [-0.39, 0.29) is 5.28 Å². The number of aromatic amines is 1. The van der Waals surface area contributed by atoms with Crippen LogP contribution >= 0.6 is 23.4 Å². The maximum Gasteiger partial charge on any atom is 0.226 e. The molecule has 0 saturated heterocycles. The molecular weight excluding hydrogens is 258 g/mol. The number of halogens is 1. The molecule has 1 unspecified atom stereocenters. The summed E-state index contributed by atoms with van der Waals surface area (Å²) in [7, 11) is 2.00. The first-order valence-corrected chi connectivity index (χ1v) is 6.99. The molecule has 0 saturated carbocycles. The smallest absolute Gasteiger partial charge is 0.226 e. The predicted octanol–water partition coefficient (Wildman–Crippen LogP) is 2.19. The van der Waals surface area contributed by atoms with Crippen molar-refractivity contribution in [1.82, 2.24) is 19.9 Å². The van der Waals surface area contributed by atoms with Gasteiger partial charge in [0.1, 0.15) is 5.52 Å². The van der Waals surface area contributed by atoms with E-state index in [1.54, 1.807) is 18.1 Å². The van der Waals surface area contributed by atoms with Crippen molar-refractivity contribution in [2.24, 2.45) is 0 Å². The molecule has 1 N–H and O–H groups in total. The van der Waals surface area contributed by atoms with Crippen LogP contribution in [0.5, 0.6) is 0 Å². The van der Waals surface area contributed by atoms with Gasteiger partial charge in [-0.2, -0.15) is 21.7 Å². The van der Waals surface area contributed by atoms with Gasteiger partial charge in [-0.05, 0) is 24.8 Å². The summed E-state index contributed by atoms with van der Waals surface area (Å²) >= 11 is 7.70. The van der Waals surface area contributed by atoms with Gasteiger partial charge >= 0.3 is 0 Å². The second-order valence-corrected chi connectivity index (χ2v) is 5.08. The maximum absolute atomic E-state index is 5.90. The van der Waals surface area contributed by atoms with Crippen LogP contribution in [0, 0.1) is 0 Å². The molecular formula is C10H14ClN5S. The number of rotatable bonds is 4. The van der Waals surface area contributed by atoms with E-state index in [1.807, 2.05) is 7.05 Å². The molecule has 0 aliphatic heterocycles. The molecule has 0 bridgehead atoms. The Bertz CT molecular complexity index is 514. The van der Waals surface area contributed by atoms with Crippen LogP contribution in [0.15, 0.2) is 6.33 Å². The lowest BCUT2D eigenvalue weighted by molar-refractivity contribution is 0.755. The van der Waals surface area contributed by atoms with E-state index in [2.05, 4.69) is 38.0 Å². The van der Waals surface area contributed by atoms with E-state index >= 15 is 0 Å². The first kappa shape index (κ1) is 12.4. The number of imidazole rings is 1. The quantitative estimate of drug-likeness (QED) is 0.864. The fourth-order valence-corrected chi connectivity index (χ4v) is 2.48. The van der Waals surface area contributed by atoms with Gasteiger partial charge in [0.15, 0.2) is 11.5 Å². The minimum absolute atomic E-state index is 0.225. The average Bonchev–Trinajstić information content (AvgIpc) is 2.75. The van der Waals surface area contributed by atoms with Gasteiger partial charge in [0.05, 0.1) is 6.33 Å². The van der Waals surface area contributed by atoms with Crippen molar-refractivity contribution in [3.05, 3.63) is 11.6 Å². The van der Waals surface area contributed by atoms with Crippen LogP contribution < -0.4 is 4.90 Å². The van der Waals surface area contributed by atoms with Gasteiger partial charge in [0.25, 0.3) is 0 Å². The van der Waals surface area contributed by atoms with Crippen molar-refractivity contribution in [3.8, 4) is 0 Å². The average molecular weight is 272 g/mol. The third-order valence-electron chi connectivity index (χ3n) is 2.64. The summed E-state index contributed by atoms with van der Waals surface area (Å²) in [6.07, 6.45) is 3.69. The first-order valence-electron chi connectivity index (χ1n) is 5.22. The van der Waals surface area contributed by atoms with Crippen molar-refractivity contribution in [3.63, 3.8) is 0 Å². The lowest BCUT2D eigenvalue weighted by atomic mass is 10.3. The van der Waals surface area contributed by atoms with Crippen molar-refractivity contribution in [1.29, 1.82) is 0 Å². The molecule has 0 aromatic carbocycles. The van der Waals surface area contributed by atoms with Gasteiger partial charge in [-0.15, -0.1) is 0 Å². The monoisotopic (exact) mass is 271 g/mol. The topological polar surface area (TPSA) is 57.7 Å². The van der Waals surface area contributed by atoms with E-state index in [1.165, 1.54) is 0 Å². The Morgan fingerprint density at radius 3 is 3.00 bits per heavy atom. The fraction of sp³-hybridized carbons (Fsp3) is 0.500. The van der Waals surface area contributed by atoms with E-state index in [0.717, 1.165) is 17.1 Å². The summed E-state index contributed by atoms with van der Waals surface area (Å²) in [6.45, 7) is 2.15. The largest absolute Gasteiger partial charge is 0.354 e. The zero-order chi connectivity index (χ0) is 12.4. The summed E-state index contributed by atoms with van der Waals surface area (Å²) in [6, 6.07) is 0.363. The van der Waals surface area contributed by atoms with Crippen LogP contribution in [0.3, 0.4) is 0 Å². The number of anilines is 1. The number of nitrogens with one attached hydrogen (secondary N) is 1. The minimum atomic E-state index is 0.225. The molecule has 2 aromatic heterocycles. The Balaban J connectivity index is 2.43. The van der Waals surface area contributed by atoms with Crippen LogP contribution in [0.2, 0.25) is 5.28 Å². The zero-order valence-electron chi connectivity index (χ0n) is 9.94. The van der Waals surface area contributed by atoms with Crippen molar-refractivity contribution in [2.45, 2.75) is 13.0 Å². The van der Waals surface area contributed by atoms with Crippen molar-refractivity contribution < 1.29 is 0 Å². The molecule has 0 spiro atoms. The van der Waals surface area contributed by atoms with E-state index in [0.29, 0.717) is 11.7 Å². The normalized spacial score (nSPS) is 12.9. The highest BCUT2D eigenvalue weighted by Gasteiger charge is 2.16. The molecule has 0 aliphatic carbocycles. The fourth-order valence-electron chi connectivity index (χ4n) is 1.61. The molecule has 2 aromatic rings. The Kier molecular flexibility index (Phi) is 3.73. The lowest BCUT2D eigenvalue weighted by Gasteiger charge is -2.25. The molecule has 0 amide bonds. The molecule has 2 heterocycles. The van der Waals surface area contributed by atoms with Gasteiger partial charge in [-0.1, -0.05) is 0 Å². The Morgan fingerprint density at radius 1 is 1.53 bits per heavy atom. The molecule has 1 atom stereocenters. The van der Waals surface area contributed by atoms with Crippen molar-refractivity contribution >= 4 is 40.3 Å². The highest BCUT2D eigenvalue weighted by molar-refractivity contribution is 7.98. The molecule has 5 nitrogen and oxygen atoms in total. The number of hydrogen-bond donors (Lipinski definition) is 1. The molecule has 0 aliphatic rings. The van der Waals surface area contributed by atoms with E-state index < -0.39 is 0 Å². The second kappa shape index (κ2) is 5.10. The molecule has 92 valence electrons.